The predicted molar refractivity (Wildman–Crippen MR) is 148 cm³/mol. The van der Waals surface area contributed by atoms with E-state index in [1.807, 2.05) is 30.3 Å². The van der Waals surface area contributed by atoms with Gasteiger partial charge in [-0.1, -0.05) is 84.9 Å². The summed E-state index contributed by atoms with van der Waals surface area (Å²) in [5.74, 6) is -2.00. The van der Waals surface area contributed by atoms with Crippen LogP contribution < -0.4 is 0 Å². The zero-order chi connectivity index (χ0) is 28.4. The van der Waals surface area contributed by atoms with E-state index in [1.165, 1.54) is 0 Å². The smallest absolute Gasteiger partial charge is 0.338 e. The van der Waals surface area contributed by atoms with Crippen LogP contribution in [-0.4, -0.2) is 49.1 Å². The van der Waals surface area contributed by atoms with E-state index in [1.54, 1.807) is 91.0 Å². The van der Waals surface area contributed by atoms with Crippen LogP contribution in [0.5, 0.6) is 0 Å². The second kappa shape index (κ2) is 13.5. The maximum absolute atomic E-state index is 13.2. The third kappa shape index (κ3) is 7.25. The van der Waals surface area contributed by atoms with Gasteiger partial charge in [0.15, 0.2) is 24.6 Å². The first-order valence-corrected chi connectivity index (χ1v) is 13.1. The minimum absolute atomic E-state index is 0.138. The van der Waals surface area contributed by atoms with E-state index in [9.17, 15) is 14.4 Å². The first-order chi connectivity index (χ1) is 20.1. The number of rotatable bonds is 9. The van der Waals surface area contributed by atoms with Gasteiger partial charge < -0.3 is 23.7 Å². The van der Waals surface area contributed by atoms with E-state index < -0.39 is 42.5 Å². The molecule has 1 fully saturated rings. The first kappa shape index (κ1) is 27.8. The summed E-state index contributed by atoms with van der Waals surface area (Å²) in [7, 11) is 0. The molecule has 0 amide bonds. The second-order valence-electron chi connectivity index (χ2n) is 9.28. The third-order valence-electron chi connectivity index (χ3n) is 6.41. The van der Waals surface area contributed by atoms with Crippen molar-refractivity contribution in [1.29, 1.82) is 0 Å². The van der Waals surface area contributed by atoms with Gasteiger partial charge >= 0.3 is 17.9 Å². The summed E-state index contributed by atoms with van der Waals surface area (Å²) in [6.45, 7) is -0.0249. The Morgan fingerprint density at radius 1 is 0.561 bits per heavy atom. The minimum Gasteiger partial charge on any atom is -0.452 e. The molecule has 0 spiro atoms. The maximum atomic E-state index is 13.2. The van der Waals surface area contributed by atoms with Gasteiger partial charge in [0, 0.05) is 0 Å². The van der Waals surface area contributed by atoms with Crippen molar-refractivity contribution in [2.75, 3.05) is 6.61 Å². The lowest BCUT2D eigenvalue weighted by Crippen LogP contribution is -2.58. The topological polar surface area (TPSA) is 97.4 Å². The first-order valence-electron chi connectivity index (χ1n) is 13.1. The number of carbonyl (C=O) groups excluding carboxylic acids is 3. The zero-order valence-electron chi connectivity index (χ0n) is 22.0. The van der Waals surface area contributed by atoms with Gasteiger partial charge in [-0.15, -0.1) is 0 Å². The van der Waals surface area contributed by atoms with E-state index in [0.717, 1.165) is 5.56 Å². The molecule has 0 bridgehead atoms. The SMILES string of the molecule is O=C(O[C@@H]1[C@@H](OCc2ccccc2)OC[C@@H](OC(=O)c2ccccc2)[C@H]1OC(=O)c1ccccc1)c1ccccc1. The van der Waals surface area contributed by atoms with E-state index >= 15 is 0 Å². The third-order valence-corrected chi connectivity index (χ3v) is 6.41. The molecule has 0 radical (unpaired) electrons. The monoisotopic (exact) mass is 552 g/mol. The van der Waals surface area contributed by atoms with Crippen molar-refractivity contribution in [3.05, 3.63) is 144 Å². The van der Waals surface area contributed by atoms with E-state index in [4.69, 9.17) is 23.7 Å². The molecule has 0 aliphatic carbocycles. The molecule has 4 aromatic rings. The van der Waals surface area contributed by atoms with Crippen LogP contribution in [0.2, 0.25) is 0 Å². The quantitative estimate of drug-likeness (QED) is 0.206. The van der Waals surface area contributed by atoms with Gasteiger partial charge in [-0.2, -0.15) is 0 Å². The predicted octanol–water partition coefficient (Wildman–Crippen LogP) is 5.24. The molecule has 41 heavy (non-hydrogen) atoms. The van der Waals surface area contributed by atoms with Crippen molar-refractivity contribution in [3.63, 3.8) is 0 Å². The highest BCUT2D eigenvalue weighted by Crippen LogP contribution is 2.28. The van der Waals surface area contributed by atoms with Crippen molar-refractivity contribution >= 4 is 17.9 Å². The molecule has 0 aromatic heterocycles. The molecule has 1 heterocycles. The Labute approximate surface area is 237 Å². The van der Waals surface area contributed by atoms with Crippen molar-refractivity contribution in [2.45, 2.75) is 31.2 Å². The molecule has 0 unspecified atom stereocenters. The summed E-state index contributed by atoms with van der Waals surface area (Å²) < 4.78 is 29.6. The molecule has 1 aliphatic heterocycles. The molecular weight excluding hydrogens is 524 g/mol. The fraction of sp³-hybridized carbons (Fsp3) is 0.182. The van der Waals surface area contributed by atoms with E-state index in [0.29, 0.717) is 5.56 Å². The largest absolute Gasteiger partial charge is 0.452 e. The molecule has 1 saturated heterocycles. The molecule has 4 atom stereocenters. The fourth-order valence-electron chi connectivity index (χ4n) is 4.32. The van der Waals surface area contributed by atoms with Crippen LogP contribution >= 0.6 is 0 Å². The summed E-state index contributed by atoms with van der Waals surface area (Å²) in [5.41, 5.74) is 1.73. The van der Waals surface area contributed by atoms with Crippen molar-refractivity contribution in [1.82, 2.24) is 0 Å². The van der Waals surface area contributed by atoms with Crippen LogP contribution in [0.25, 0.3) is 0 Å². The van der Waals surface area contributed by atoms with Gasteiger partial charge in [-0.3, -0.25) is 0 Å². The van der Waals surface area contributed by atoms with Gasteiger partial charge in [-0.25, -0.2) is 14.4 Å². The summed E-state index contributed by atoms with van der Waals surface area (Å²) in [5, 5.41) is 0. The highest BCUT2D eigenvalue weighted by molar-refractivity contribution is 5.91. The van der Waals surface area contributed by atoms with Gasteiger partial charge in [0.2, 0.25) is 0 Å². The van der Waals surface area contributed by atoms with Crippen LogP contribution in [-0.2, 0) is 30.3 Å². The van der Waals surface area contributed by atoms with Crippen LogP contribution in [0.15, 0.2) is 121 Å². The number of esters is 3. The Morgan fingerprint density at radius 2 is 0.976 bits per heavy atom. The number of hydrogen-bond acceptors (Lipinski definition) is 8. The fourth-order valence-corrected chi connectivity index (χ4v) is 4.32. The Kier molecular flexibility index (Phi) is 9.15. The lowest BCUT2D eigenvalue weighted by atomic mass is 10.0. The summed E-state index contributed by atoms with van der Waals surface area (Å²) in [4.78, 5) is 39.4. The number of hydrogen-bond donors (Lipinski definition) is 0. The van der Waals surface area contributed by atoms with Crippen molar-refractivity contribution in [3.8, 4) is 0 Å². The summed E-state index contributed by atoms with van der Waals surface area (Å²) in [6, 6.07) is 34.5. The number of benzene rings is 4. The molecule has 1 aliphatic rings. The standard InChI is InChI=1S/C33H28O8/c34-30(24-15-7-2-8-16-24)39-27-22-38-33(37-21-23-13-5-1-6-14-23)29(41-32(36)26-19-11-4-12-20-26)28(27)40-31(35)25-17-9-3-10-18-25/h1-20,27-29,33H,21-22H2/t27-,28-,29+,33+/m1/s1. The molecule has 8 heteroatoms. The number of carbonyl (C=O) groups is 3. The lowest BCUT2D eigenvalue weighted by molar-refractivity contribution is -0.271. The van der Waals surface area contributed by atoms with Gasteiger partial charge in [-0.05, 0) is 42.0 Å². The molecular formula is C33H28O8. The lowest BCUT2D eigenvalue weighted by Gasteiger charge is -2.40. The molecule has 208 valence electrons. The maximum Gasteiger partial charge on any atom is 0.338 e. The molecule has 0 saturated carbocycles. The van der Waals surface area contributed by atoms with E-state index in [2.05, 4.69) is 0 Å². The molecule has 4 aromatic carbocycles. The molecule has 5 rings (SSSR count). The summed E-state index contributed by atoms with van der Waals surface area (Å²) >= 11 is 0. The average Bonchev–Trinajstić information content (AvgIpc) is 3.03. The molecule has 0 N–H and O–H groups in total. The van der Waals surface area contributed by atoms with Gasteiger partial charge in [0.25, 0.3) is 0 Å². The molecule has 8 nitrogen and oxygen atoms in total. The van der Waals surface area contributed by atoms with Crippen LogP contribution in [0.4, 0.5) is 0 Å². The Hall–Kier alpha value is -4.79. The normalized spacial score (nSPS) is 20.0. The highest BCUT2D eigenvalue weighted by atomic mass is 16.7. The zero-order valence-corrected chi connectivity index (χ0v) is 22.0. The minimum atomic E-state index is -1.26. The van der Waals surface area contributed by atoms with Crippen LogP contribution in [0.1, 0.15) is 36.6 Å². The Morgan fingerprint density at radius 3 is 1.46 bits per heavy atom. The van der Waals surface area contributed by atoms with Crippen molar-refractivity contribution < 1.29 is 38.1 Å². The van der Waals surface area contributed by atoms with Crippen LogP contribution in [0, 0.1) is 0 Å². The van der Waals surface area contributed by atoms with Crippen LogP contribution in [0.3, 0.4) is 0 Å². The average molecular weight is 553 g/mol. The highest BCUT2D eigenvalue weighted by Gasteiger charge is 2.48. The number of ether oxygens (including phenoxy) is 5. The van der Waals surface area contributed by atoms with E-state index in [-0.39, 0.29) is 24.3 Å². The Bertz CT molecular complexity index is 1430. The van der Waals surface area contributed by atoms with Gasteiger partial charge in [0.05, 0.1) is 29.9 Å². The second-order valence-corrected chi connectivity index (χ2v) is 9.28. The van der Waals surface area contributed by atoms with Crippen molar-refractivity contribution in [2.24, 2.45) is 0 Å². The summed E-state index contributed by atoms with van der Waals surface area (Å²) in [6.07, 6.45) is -4.72. The Balaban J connectivity index is 1.45. The van der Waals surface area contributed by atoms with Gasteiger partial charge in [0.1, 0.15) is 0 Å².